The molecule has 158 valence electrons. The van der Waals surface area contributed by atoms with Crippen LogP contribution in [0.1, 0.15) is 48.5 Å². The van der Waals surface area contributed by atoms with Crippen LogP contribution in [0.25, 0.3) is 0 Å². The molecule has 0 bridgehead atoms. The number of nitrogens with zero attached hydrogens (tertiary/aromatic N) is 3. The summed E-state index contributed by atoms with van der Waals surface area (Å²) in [4.78, 5) is 39.6. The number of carbonyl (C=O) groups excluding carboxylic acids is 3. The molecule has 1 fully saturated rings. The van der Waals surface area contributed by atoms with Crippen molar-refractivity contribution in [3.05, 3.63) is 34.8 Å². The van der Waals surface area contributed by atoms with Crippen LogP contribution in [0.15, 0.2) is 24.3 Å². The van der Waals surface area contributed by atoms with E-state index in [-0.39, 0.29) is 24.1 Å². The minimum Gasteiger partial charge on any atom is -0.362 e. The first-order valence-electron chi connectivity index (χ1n) is 10.0. The Kier molecular flexibility index (Phi) is 5.42. The maximum absolute atomic E-state index is 12.8. The molecule has 0 saturated carbocycles. The summed E-state index contributed by atoms with van der Waals surface area (Å²) >= 11 is 1.33. The molecule has 2 aromatic rings. The molecule has 2 aliphatic heterocycles. The molecule has 2 atom stereocenters. The Morgan fingerprint density at radius 1 is 1.27 bits per heavy atom. The van der Waals surface area contributed by atoms with Crippen LogP contribution in [-0.4, -0.2) is 51.1 Å². The van der Waals surface area contributed by atoms with Crippen molar-refractivity contribution in [3.8, 4) is 0 Å². The standard InChI is InChI=1S/C20H24N6O3S/c1-3-15-24-25-19(30-15)21-17(28)12(2)26-11-10-20(9-8-16(26)27)22-14-7-5-4-6-13(14)18(29)23-20/h4-7,12,22H,3,8-11H2,1-2H3,(H,23,29)(H,21,25,28)/t12-,20-/m0/s1. The highest BCUT2D eigenvalue weighted by molar-refractivity contribution is 7.15. The Morgan fingerprint density at radius 2 is 2.07 bits per heavy atom. The maximum atomic E-state index is 12.8. The number of aryl methyl sites for hydroxylation is 1. The first kappa shape index (κ1) is 20.3. The number of hydrogen-bond donors (Lipinski definition) is 3. The zero-order chi connectivity index (χ0) is 21.3. The lowest BCUT2D eigenvalue weighted by Gasteiger charge is -2.40. The van der Waals surface area contributed by atoms with Crippen LogP contribution in [0, 0.1) is 0 Å². The number of nitrogens with one attached hydrogen (secondary N) is 3. The van der Waals surface area contributed by atoms with E-state index in [1.807, 2.05) is 25.1 Å². The van der Waals surface area contributed by atoms with Gasteiger partial charge in [0.1, 0.15) is 16.7 Å². The molecule has 1 aromatic carbocycles. The molecule has 9 nitrogen and oxygen atoms in total. The van der Waals surface area contributed by atoms with E-state index in [9.17, 15) is 14.4 Å². The van der Waals surface area contributed by atoms with E-state index in [4.69, 9.17) is 0 Å². The predicted molar refractivity (Wildman–Crippen MR) is 113 cm³/mol. The van der Waals surface area contributed by atoms with E-state index < -0.39 is 11.7 Å². The lowest BCUT2D eigenvalue weighted by Crippen LogP contribution is -2.58. The molecule has 1 aromatic heterocycles. The third-order valence-corrected chi connectivity index (χ3v) is 6.59. The van der Waals surface area contributed by atoms with E-state index in [0.717, 1.165) is 17.1 Å². The SMILES string of the molecule is CCc1nnc(NC(=O)[C@H](C)N2CC[C@]3(CCC2=O)NC(=O)c2ccccc2N3)s1. The van der Waals surface area contributed by atoms with Gasteiger partial charge in [0.2, 0.25) is 16.9 Å². The monoisotopic (exact) mass is 428 g/mol. The number of benzene rings is 1. The summed E-state index contributed by atoms with van der Waals surface area (Å²) in [6.45, 7) is 4.02. The largest absolute Gasteiger partial charge is 0.362 e. The fraction of sp³-hybridized carbons (Fsp3) is 0.450. The van der Waals surface area contributed by atoms with Crippen LogP contribution in [0.3, 0.4) is 0 Å². The van der Waals surface area contributed by atoms with E-state index in [1.165, 1.54) is 11.3 Å². The second kappa shape index (κ2) is 8.02. The number of hydrogen-bond acceptors (Lipinski definition) is 7. The van der Waals surface area contributed by atoms with Gasteiger partial charge in [0, 0.05) is 25.1 Å². The van der Waals surface area contributed by atoms with Crippen molar-refractivity contribution in [1.29, 1.82) is 0 Å². The van der Waals surface area contributed by atoms with Gasteiger partial charge in [-0.15, -0.1) is 10.2 Å². The first-order valence-corrected chi connectivity index (χ1v) is 10.8. The highest BCUT2D eigenvalue weighted by Crippen LogP contribution is 2.32. The molecule has 3 heterocycles. The van der Waals surface area contributed by atoms with Gasteiger partial charge in [0.05, 0.1) is 5.56 Å². The number of rotatable bonds is 4. The maximum Gasteiger partial charge on any atom is 0.255 e. The number of likely N-dealkylation sites (tertiary alicyclic amines) is 1. The predicted octanol–water partition coefficient (Wildman–Crippen LogP) is 1.99. The molecule has 3 N–H and O–H groups in total. The van der Waals surface area contributed by atoms with Crippen molar-refractivity contribution in [1.82, 2.24) is 20.4 Å². The van der Waals surface area contributed by atoms with Crippen LogP contribution in [0.5, 0.6) is 0 Å². The molecule has 0 radical (unpaired) electrons. The van der Waals surface area contributed by atoms with Crippen LogP contribution >= 0.6 is 11.3 Å². The van der Waals surface area contributed by atoms with Gasteiger partial charge in [0.25, 0.3) is 5.91 Å². The Balaban J connectivity index is 1.46. The summed E-state index contributed by atoms with van der Waals surface area (Å²) in [6.07, 6.45) is 1.92. The van der Waals surface area contributed by atoms with E-state index >= 15 is 0 Å². The summed E-state index contributed by atoms with van der Waals surface area (Å²) < 4.78 is 0. The zero-order valence-corrected chi connectivity index (χ0v) is 17.7. The van der Waals surface area contributed by atoms with Crippen LogP contribution in [-0.2, 0) is 16.0 Å². The number of amides is 3. The van der Waals surface area contributed by atoms with Crippen molar-refractivity contribution in [3.63, 3.8) is 0 Å². The van der Waals surface area contributed by atoms with E-state index in [1.54, 1.807) is 17.9 Å². The summed E-state index contributed by atoms with van der Waals surface area (Å²) in [5.74, 6) is -0.570. The summed E-state index contributed by atoms with van der Waals surface area (Å²) in [5.41, 5.74) is 0.643. The average molecular weight is 429 g/mol. The molecule has 30 heavy (non-hydrogen) atoms. The lowest BCUT2D eigenvalue weighted by molar-refractivity contribution is -0.137. The van der Waals surface area contributed by atoms with E-state index in [0.29, 0.717) is 30.1 Å². The van der Waals surface area contributed by atoms with Gasteiger partial charge >= 0.3 is 0 Å². The smallest absolute Gasteiger partial charge is 0.255 e. The first-order chi connectivity index (χ1) is 14.4. The Hall–Kier alpha value is -3.01. The Morgan fingerprint density at radius 3 is 2.83 bits per heavy atom. The van der Waals surface area contributed by atoms with Crippen molar-refractivity contribution >= 4 is 39.9 Å². The molecule has 4 rings (SSSR count). The molecule has 3 amide bonds. The van der Waals surface area contributed by atoms with Gasteiger partial charge in [-0.25, -0.2) is 0 Å². The fourth-order valence-electron chi connectivity index (χ4n) is 3.85. The summed E-state index contributed by atoms with van der Waals surface area (Å²) in [5, 5.41) is 18.4. The van der Waals surface area contributed by atoms with Crippen molar-refractivity contribution in [2.45, 2.75) is 51.2 Å². The minimum atomic E-state index is -0.707. The van der Waals surface area contributed by atoms with Gasteiger partial charge in [0.15, 0.2) is 0 Å². The van der Waals surface area contributed by atoms with Gasteiger partial charge in [-0.3, -0.25) is 19.7 Å². The molecule has 2 aliphatic rings. The summed E-state index contributed by atoms with van der Waals surface area (Å²) in [7, 11) is 0. The van der Waals surface area contributed by atoms with Crippen molar-refractivity contribution in [2.24, 2.45) is 0 Å². The average Bonchev–Trinajstić information content (AvgIpc) is 3.13. The zero-order valence-electron chi connectivity index (χ0n) is 16.9. The fourth-order valence-corrected chi connectivity index (χ4v) is 4.53. The quantitative estimate of drug-likeness (QED) is 0.686. The molecule has 1 spiro atoms. The van der Waals surface area contributed by atoms with Crippen LogP contribution in [0.2, 0.25) is 0 Å². The second-order valence-corrected chi connectivity index (χ2v) is 8.63. The molecule has 0 aliphatic carbocycles. The molecule has 0 unspecified atom stereocenters. The van der Waals surface area contributed by atoms with E-state index in [2.05, 4.69) is 26.1 Å². The molecule has 1 saturated heterocycles. The third-order valence-electron chi connectivity index (χ3n) is 5.61. The molecular weight excluding hydrogens is 404 g/mol. The number of para-hydroxylation sites is 1. The highest BCUT2D eigenvalue weighted by Gasteiger charge is 2.41. The van der Waals surface area contributed by atoms with Crippen molar-refractivity contribution < 1.29 is 14.4 Å². The van der Waals surface area contributed by atoms with Crippen LogP contribution in [0.4, 0.5) is 10.8 Å². The molecule has 10 heteroatoms. The second-order valence-electron chi connectivity index (χ2n) is 7.56. The number of fused-ring (bicyclic) bond motifs is 1. The highest BCUT2D eigenvalue weighted by atomic mass is 32.1. The number of anilines is 2. The normalized spacial score (nSPS) is 22.0. The Labute approximate surface area is 178 Å². The summed E-state index contributed by atoms with van der Waals surface area (Å²) in [6, 6.07) is 6.66. The molecular formula is C20H24N6O3S. The topological polar surface area (TPSA) is 116 Å². The third kappa shape index (κ3) is 3.87. The van der Waals surface area contributed by atoms with Crippen molar-refractivity contribution in [2.75, 3.05) is 17.2 Å². The lowest BCUT2D eigenvalue weighted by atomic mass is 9.95. The Bertz CT molecular complexity index is 992. The van der Waals surface area contributed by atoms with Gasteiger partial charge < -0.3 is 15.5 Å². The van der Waals surface area contributed by atoms with Gasteiger partial charge in [-0.05, 0) is 31.9 Å². The number of aromatic nitrogens is 2. The van der Waals surface area contributed by atoms with Gasteiger partial charge in [-0.2, -0.15) is 0 Å². The van der Waals surface area contributed by atoms with Crippen LogP contribution < -0.4 is 16.0 Å². The van der Waals surface area contributed by atoms with Gasteiger partial charge in [-0.1, -0.05) is 30.4 Å². The number of carbonyl (C=O) groups is 3. The minimum absolute atomic E-state index is 0.115.